The number of ether oxygens (including phenoxy) is 1. The van der Waals surface area contributed by atoms with Gasteiger partial charge in [0.2, 0.25) is 10.0 Å². The Bertz CT molecular complexity index is 776. The van der Waals surface area contributed by atoms with E-state index in [0.717, 1.165) is 12.2 Å². The quantitative estimate of drug-likeness (QED) is 0.874. The Morgan fingerprint density at radius 2 is 2.22 bits per heavy atom. The maximum Gasteiger partial charge on any atom is 0.245 e. The average Bonchev–Trinajstić information content (AvgIpc) is 3.17. The van der Waals surface area contributed by atoms with E-state index in [0.29, 0.717) is 18.1 Å². The van der Waals surface area contributed by atoms with E-state index in [4.69, 9.17) is 9.26 Å². The van der Waals surface area contributed by atoms with Gasteiger partial charge in [-0.2, -0.15) is 0 Å². The third kappa shape index (κ3) is 3.04. The lowest BCUT2D eigenvalue weighted by Crippen LogP contribution is -2.31. The third-order valence-corrected chi connectivity index (χ3v) is 5.77. The molecule has 3 heterocycles. The van der Waals surface area contributed by atoms with Gasteiger partial charge in [0.1, 0.15) is 22.5 Å². The van der Waals surface area contributed by atoms with E-state index in [-0.39, 0.29) is 23.5 Å². The summed E-state index contributed by atoms with van der Waals surface area (Å²) in [6.07, 6.45) is 4.13. The molecule has 2 aromatic heterocycles. The number of aromatic nitrogens is 3. The number of imidazole rings is 1. The van der Waals surface area contributed by atoms with Crippen LogP contribution in [-0.2, 0) is 21.8 Å². The number of hydrogen-bond donors (Lipinski definition) is 1. The van der Waals surface area contributed by atoms with Crippen LogP contribution in [0.1, 0.15) is 29.8 Å². The van der Waals surface area contributed by atoms with Crippen LogP contribution in [0.4, 0.5) is 0 Å². The second-order valence-electron chi connectivity index (χ2n) is 5.74. The van der Waals surface area contributed by atoms with E-state index in [1.54, 1.807) is 20.0 Å². The topological polar surface area (TPSA) is 99.2 Å². The van der Waals surface area contributed by atoms with Gasteiger partial charge in [0, 0.05) is 38.5 Å². The lowest BCUT2D eigenvalue weighted by molar-refractivity contribution is 0.0823. The lowest BCUT2D eigenvalue weighted by atomic mass is 10.0. The molecule has 1 aliphatic heterocycles. The van der Waals surface area contributed by atoms with Crippen molar-refractivity contribution in [1.82, 2.24) is 19.4 Å². The number of sulfonamides is 1. The highest BCUT2D eigenvalue weighted by atomic mass is 32.2. The Morgan fingerprint density at radius 3 is 2.83 bits per heavy atom. The Morgan fingerprint density at radius 1 is 1.43 bits per heavy atom. The molecule has 0 unspecified atom stereocenters. The zero-order valence-electron chi connectivity index (χ0n) is 13.3. The predicted molar refractivity (Wildman–Crippen MR) is 81.2 cm³/mol. The van der Waals surface area contributed by atoms with Crippen molar-refractivity contribution < 1.29 is 17.7 Å². The SMILES string of the molecule is Cc1noc(C)c1S(=O)(=O)NC[C@@H]1CCO[C@H]1c1nccn1C. The summed E-state index contributed by atoms with van der Waals surface area (Å²) in [6.45, 7) is 4.07. The molecule has 126 valence electrons. The highest BCUT2D eigenvalue weighted by Gasteiger charge is 2.34. The number of rotatable bonds is 5. The van der Waals surface area contributed by atoms with Crippen molar-refractivity contribution >= 4 is 10.0 Å². The molecule has 2 aromatic rings. The maximum absolute atomic E-state index is 12.5. The molecular formula is C14H20N4O4S. The van der Waals surface area contributed by atoms with Gasteiger partial charge in [-0.1, -0.05) is 5.16 Å². The van der Waals surface area contributed by atoms with E-state index in [1.807, 2.05) is 17.8 Å². The molecule has 0 radical (unpaired) electrons. The van der Waals surface area contributed by atoms with Gasteiger partial charge < -0.3 is 13.8 Å². The van der Waals surface area contributed by atoms with Crippen molar-refractivity contribution in [2.75, 3.05) is 13.2 Å². The van der Waals surface area contributed by atoms with Crippen molar-refractivity contribution in [3.05, 3.63) is 29.7 Å². The smallest absolute Gasteiger partial charge is 0.245 e. The molecule has 1 N–H and O–H groups in total. The fourth-order valence-corrected chi connectivity index (χ4v) is 4.35. The van der Waals surface area contributed by atoms with Crippen molar-refractivity contribution in [3.63, 3.8) is 0 Å². The molecule has 0 bridgehead atoms. The van der Waals surface area contributed by atoms with Crippen LogP contribution in [0.3, 0.4) is 0 Å². The Kier molecular flexibility index (Phi) is 4.26. The monoisotopic (exact) mass is 340 g/mol. The Labute approximate surface area is 134 Å². The van der Waals surface area contributed by atoms with Crippen LogP contribution in [0.2, 0.25) is 0 Å². The first-order chi connectivity index (χ1) is 10.9. The summed E-state index contributed by atoms with van der Waals surface area (Å²) in [4.78, 5) is 4.42. The number of nitrogens with zero attached hydrogens (tertiary/aromatic N) is 3. The highest BCUT2D eigenvalue weighted by Crippen LogP contribution is 2.33. The fourth-order valence-electron chi connectivity index (χ4n) is 2.93. The summed E-state index contributed by atoms with van der Waals surface area (Å²) < 4.78 is 40.2. The summed E-state index contributed by atoms with van der Waals surface area (Å²) >= 11 is 0. The second-order valence-corrected chi connectivity index (χ2v) is 7.45. The normalized spacial score (nSPS) is 21.9. The zero-order chi connectivity index (χ0) is 16.6. The fraction of sp³-hybridized carbons (Fsp3) is 0.571. The second kappa shape index (κ2) is 6.06. The van der Waals surface area contributed by atoms with Gasteiger partial charge in [-0.05, 0) is 20.3 Å². The first-order valence-electron chi connectivity index (χ1n) is 7.41. The van der Waals surface area contributed by atoms with E-state index in [1.165, 1.54) is 0 Å². The molecule has 0 spiro atoms. The van der Waals surface area contributed by atoms with Crippen LogP contribution in [0.15, 0.2) is 21.8 Å². The molecule has 0 aliphatic carbocycles. The standard InChI is InChI=1S/C14H20N4O4S/c1-9-13(10(2)22-17-9)23(19,20)16-8-11-4-7-21-12(11)14-15-5-6-18(14)3/h5-6,11-12,16H,4,7-8H2,1-3H3/t11-,12+/m0/s1. The van der Waals surface area contributed by atoms with Crippen molar-refractivity contribution in [1.29, 1.82) is 0 Å². The molecule has 0 saturated carbocycles. The lowest BCUT2D eigenvalue weighted by Gasteiger charge is -2.18. The van der Waals surface area contributed by atoms with Crippen molar-refractivity contribution in [3.8, 4) is 0 Å². The molecular weight excluding hydrogens is 320 g/mol. The molecule has 2 atom stereocenters. The van der Waals surface area contributed by atoms with Crippen LogP contribution in [0.25, 0.3) is 0 Å². The third-order valence-electron chi connectivity index (χ3n) is 4.10. The molecule has 3 rings (SSSR count). The molecule has 0 amide bonds. The highest BCUT2D eigenvalue weighted by molar-refractivity contribution is 7.89. The van der Waals surface area contributed by atoms with E-state index >= 15 is 0 Å². The van der Waals surface area contributed by atoms with Gasteiger partial charge in [0.15, 0.2) is 5.76 Å². The van der Waals surface area contributed by atoms with Gasteiger partial charge in [0.25, 0.3) is 0 Å². The summed E-state index contributed by atoms with van der Waals surface area (Å²) in [7, 11) is -1.76. The Hall–Kier alpha value is -1.71. The summed E-state index contributed by atoms with van der Waals surface area (Å²) in [6, 6.07) is 0. The van der Waals surface area contributed by atoms with E-state index in [9.17, 15) is 8.42 Å². The van der Waals surface area contributed by atoms with Gasteiger partial charge in [-0.25, -0.2) is 18.1 Å². The summed E-state index contributed by atoms with van der Waals surface area (Å²) in [5, 5.41) is 3.70. The maximum atomic E-state index is 12.5. The summed E-state index contributed by atoms with van der Waals surface area (Å²) in [5.74, 6) is 1.13. The number of aryl methyl sites for hydroxylation is 3. The van der Waals surface area contributed by atoms with Crippen LogP contribution in [-0.4, -0.2) is 36.3 Å². The van der Waals surface area contributed by atoms with Crippen LogP contribution in [0.5, 0.6) is 0 Å². The number of hydrogen-bond acceptors (Lipinski definition) is 6. The average molecular weight is 340 g/mol. The minimum absolute atomic E-state index is 0.0337. The van der Waals surface area contributed by atoms with Gasteiger partial charge >= 0.3 is 0 Å². The van der Waals surface area contributed by atoms with Crippen LogP contribution in [0, 0.1) is 19.8 Å². The van der Waals surface area contributed by atoms with Gasteiger partial charge in [-0.15, -0.1) is 0 Å². The first-order valence-corrected chi connectivity index (χ1v) is 8.90. The Balaban J connectivity index is 1.74. The molecule has 1 fully saturated rings. The van der Waals surface area contributed by atoms with E-state index in [2.05, 4.69) is 14.9 Å². The number of nitrogens with one attached hydrogen (secondary N) is 1. The van der Waals surface area contributed by atoms with Crippen LogP contribution < -0.4 is 4.72 Å². The minimum Gasteiger partial charge on any atom is -0.370 e. The summed E-state index contributed by atoms with van der Waals surface area (Å²) in [5.41, 5.74) is 0.360. The van der Waals surface area contributed by atoms with Crippen molar-refractivity contribution in [2.45, 2.75) is 31.3 Å². The van der Waals surface area contributed by atoms with Crippen LogP contribution >= 0.6 is 0 Å². The molecule has 8 nitrogen and oxygen atoms in total. The first kappa shape index (κ1) is 16.2. The minimum atomic E-state index is -3.66. The zero-order valence-corrected chi connectivity index (χ0v) is 14.1. The molecule has 9 heteroatoms. The predicted octanol–water partition coefficient (Wildman–Crippen LogP) is 1.08. The largest absolute Gasteiger partial charge is 0.370 e. The molecule has 23 heavy (non-hydrogen) atoms. The van der Waals surface area contributed by atoms with Gasteiger partial charge in [-0.3, -0.25) is 0 Å². The molecule has 1 saturated heterocycles. The van der Waals surface area contributed by atoms with Crippen molar-refractivity contribution in [2.24, 2.45) is 13.0 Å². The van der Waals surface area contributed by atoms with E-state index < -0.39 is 10.0 Å². The molecule has 1 aliphatic rings. The molecule has 0 aromatic carbocycles. The van der Waals surface area contributed by atoms with Gasteiger partial charge in [0.05, 0.1) is 0 Å².